The summed E-state index contributed by atoms with van der Waals surface area (Å²) in [6, 6.07) is 9.04. The molecule has 1 aliphatic heterocycles. The molecule has 0 radical (unpaired) electrons. The molecule has 1 aromatic carbocycles. The molecular weight excluding hydrogens is 350 g/mol. The van der Waals surface area contributed by atoms with Crippen LogP contribution in [0.5, 0.6) is 0 Å². The quantitative estimate of drug-likeness (QED) is 0.601. The van der Waals surface area contributed by atoms with Crippen LogP contribution in [0.15, 0.2) is 35.2 Å². The summed E-state index contributed by atoms with van der Waals surface area (Å²) in [6.07, 6.45) is -0.561. The molecule has 1 saturated heterocycles. The van der Waals surface area contributed by atoms with Crippen molar-refractivity contribution in [2.24, 2.45) is 0 Å². The second-order valence-corrected chi connectivity index (χ2v) is 9.40. The van der Waals surface area contributed by atoms with Crippen LogP contribution in [0.2, 0.25) is 0 Å². The summed E-state index contributed by atoms with van der Waals surface area (Å²) in [7, 11) is -3.06. The smallest absolute Gasteiger partial charge is 0.319 e. The number of amides is 1. The Bertz CT molecular complexity index is 690. The van der Waals surface area contributed by atoms with Gasteiger partial charge in [0.25, 0.3) is 5.91 Å². The summed E-state index contributed by atoms with van der Waals surface area (Å²) in [4.78, 5) is 25.1. The number of rotatable bonds is 6. The molecule has 1 heterocycles. The second-order valence-electron chi connectivity index (χ2n) is 5.76. The van der Waals surface area contributed by atoms with Gasteiger partial charge >= 0.3 is 5.97 Å². The van der Waals surface area contributed by atoms with E-state index in [4.69, 9.17) is 4.74 Å². The highest BCUT2D eigenvalue weighted by molar-refractivity contribution is 8.00. The minimum Gasteiger partial charge on any atom is -0.452 e. The standard InChI is InChI=1S/C16H21NO5S2/c1-11(15(18)17-13-8-9-24(20,21)10-13)22-16(19)12(2)23-14-6-4-3-5-7-14/h3-7,11-13H,8-10H2,1-2H3,(H,17,18)/t11-,12+,13+/m0/s1. The van der Waals surface area contributed by atoms with E-state index in [0.717, 1.165) is 4.90 Å². The highest BCUT2D eigenvalue weighted by Crippen LogP contribution is 2.23. The van der Waals surface area contributed by atoms with Gasteiger partial charge in [-0.25, -0.2) is 8.42 Å². The van der Waals surface area contributed by atoms with Crippen LogP contribution in [0.3, 0.4) is 0 Å². The fourth-order valence-corrected chi connectivity index (χ4v) is 4.85. The molecule has 0 aliphatic carbocycles. The lowest BCUT2D eigenvalue weighted by Crippen LogP contribution is -2.43. The van der Waals surface area contributed by atoms with Crippen molar-refractivity contribution in [3.05, 3.63) is 30.3 Å². The van der Waals surface area contributed by atoms with Crippen molar-refractivity contribution >= 4 is 33.5 Å². The lowest BCUT2D eigenvalue weighted by atomic mass is 10.2. The van der Waals surface area contributed by atoms with Crippen molar-refractivity contribution < 1.29 is 22.7 Å². The first kappa shape index (κ1) is 18.8. The van der Waals surface area contributed by atoms with Gasteiger partial charge in [0.2, 0.25) is 0 Å². The van der Waals surface area contributed by atoms with E-state index in [2.05, 4.69) is 5.32 Å². The van der Waals surface area contributed by atoms with Gasteiger partial charge in [0.05, 0.1) is 11.5 Å². The maximum Gasteiger partial charge on any atom is 0.319 e. The largest absolute Gasteiger partial charge is 0.452 e. The van der Waals surface area contributed by atoms with Crippen LogP contribution in [0.25, 0.3) is 0 Å². The summed E-state index contributed by atoms with van der Waals surface area (Å²) >= 11 is 1.35. The van der Waals surface area contributed by atoms with Crippen LogP contribution >= 0.6 is 11.8 Å². The van der Waals surface area contributed by atoms with Gasteiger partial charge in [-0.2, -0.15) is 0 Å². The third kappa shape index (κ3) is 5.52. The molecule has 1 fully saturated rings. The fraction of sp³-hybridized carbons (Fsp3) is 0.500. The lowest BCUT2D eigenvalue weighted by Gasteiger charge is -2.18. The number of esters is 1. The molecule has 1 N–H and O–H groups in total. The van der Waals surface area contributed by atoms with Crippen LogP contribution < -0.4 is 5.32 Å². The van der Waals surface area contributed by atoms with E-state index in [0.29, 0.717) is 6.42 Å². The Morgan fingerprint density at radius 3 is 2.50 bits per heavy atom. The number of carbonyl (C=O) groups excluding carboxylic acids is 2. The maximum absolute atomic E-state index is 12.1. The molecule has 1 aliphatic rings. The zero-order valence-electron chi connectivity index (χ0n) is 13.6. The van der Waals surface area contributed by atoms with Gasteiger partial charge < -0.3 is 10.1 Å². The Kier molecular flexibility index (Phi) is 6.28. The Morgan fingerprint density at radius 1 is 1.25 bits per heavy atom. The molecule has 0 aromatic heterocycles. The van der Waals surface area contributed by atoms with Crippen LogP contribution in [0, 0.1) is 0 Å². The number of sulfone groups is 1. The molecule has 3 atom stereocenters. The van der Waals surface area contributed by atoms with Gasteiger partial charge in [-0.15, -0.1) is 11.8 Å². The average molecular weight is 371 g/mol. The van der Waals surface area contributed by atoms with Gasteiger partial charge in [-0.3, -0.25) is 9.59 Å². The van der Waals surface area contributed by atoms with E-state index in [1.54, 1.807) is 6.92 Å². The second kappa shape index (κ2) is 8.02. The lowest BCUT2D eigenvalue weighted by molar-refractivity contribution is -0.154. The predicted molar refractivity (Wildman–Crippen MR) is 92.5 cm³/mol. The Labute approximate surface area is 146 Å². The first-order valence-corrected chi connectivity index (χ1v) is 10.4. The zero-order valence-corrected chi connectivity index (χ0v) is 15.2. The van der Waals surface area contributed by atoms with Crippen LogP contribution in [-0.4, -0.2) is 49.2 Å². The minimum atomic E-state index is -3.06. The van der Waals surface area contributed by atoms with E-state index in [-0.39, 0.29) is 11.5 Å². The molecule has 0 saturated carbocycles. The number of hydrogen-bond donors (Lipinski definition) is 1. The third-order valence-corrected chi connectivity index (χ3v) is 6.49. The van der Waals surface area contributed by atoms with Crippen LogP contribution in [-0.2, 0) is 24.2 Å². The Morgan fingerprint density at radius 2 is 1.92 bits per heavy atom. The van der Waals surface area contributed by atoms with Gasteiger partial charge in [0.15, 0.2) is 15.9 Å². The Balaban J connectivity index is 1.81. The van der Waals surface area contributed by atoms with Crippen molar-refractivity contribution in [3.63, 3.8) is 0 Å². The third-order valence-electron chi connectivity index (χ3n) is 3.63. The SMILES string of the molecule is C[C@H](OC(=O)[C@@H](C)Sc1ccccc1)C(=O)N[C@@H]1CCS(=O)(=O)C1. The van der Waals surface area contributed by atoms with Gasteiger partial charge in [-0.1, -0.05) is 18.2 Å². The highest BCUT2D eigenvalue weighted by atomic mass is 32.2. The number of nitrogens with one attached hydrogen (secondary N) is 1. The van der Waals surface area contributed by atoms with E-state index < -0.39 is 39.1 Å². The normalized spacial score (nSPS) is 21.7. The molecule has 0 unspecified atom stereocenters. The van der Waals surface area contributed by atoms with E-state index >= 15 is 0 Å². The molecule has 6 nitrogen and oxygen atoms in total. The number of benzene rings is 1. The van der Waals surface area contributed by atoms with E-state index in [1.165, 1.54) is 18.7 Å². The van der Waals surface area contributed by atoms with Gasteiger partial charge in [-0.05, 0) is 32.4 Å². The molecule has 132 valence electrons. The van der Waals surface area contributed by atoms with Crippen molar-refractivity contribution in [3.8, 4) is 0 Å². The summed E-state index contributed by atoms with van der Waals surface area (Å²) in [6.45, 7) is 3.20. The molecule has 0 bridgehead atoms. The van der Waals surface area contributed by atoms with Crippen molar-refractivity contribution in [1.29, 1.82) is 0 Å². The molecule has 0 spiro atoms. The molecule has 1 amide bonds. The average Bonchev–Trinajstić information content (AvgIpc) is 2.86. The Hall–Kier alpha value is -1.54. The number of carbonyl (C=O) groups is 2. The summed E-state index contributed by atoms with van der Waals surface area (Å²) < 4.78 is 28.0. The minimum absolute atomic E-state index is 0.0559. The number of ether oxygens (including phenoxy) is 1. The molecule has 2 rings (SSSR count). The van der Waals surface area contributed by atoms with Crippen LogP contribution in [0.1, 0.15) is 20.3 Å². The predicted octanol–water partition coefficient (Wildman–Crippen LogP) is 1.40. The van der Waals surface area contributed by atoms with Crippen molar-refractivity contribution in [1.82, 2.24) is 5.32 Å². The maximum atomic E-state index is 12.1. The van der Waals surface area contributed by atoms with Crippen molar-refractivity contribution in [2.75, 3.05) is 11.5 Å². The first-order valence-electron chi connectivity index (χ1n) is 7.70. The fourth-order valence-electron chi connectivity index (χ4n) is 2.30. The van der Waals surface area contributed by atoms with Gasteiger partial charge in [0, 0.05) is 10.9 Å². The zero-order chi connectivity index (χ0) is 17.7. The van der Waals surface area contributed by atoms with Crippen molar-refractivity contribution in [2.45, 2.75) is 42.6 Å². The molecular formula is C16H21NO5S2. The van der Waals surface area contributed by atoms with Crippen LogP contribution in [0.4, 0.5) is 0 Å². The van der Waals surface area contributed by atoms with E-state index in [1.807, 2.05) is 30.3 Å². The molecule has 1 aromatic rings. The topological polar surface area (TPSA) is 89.5 Å². The van der Waals surface area contributed by atoms with E-state index in [9.17, 15) is 18.0 Å². The molecule has 8 heteroatoms. The summed E-state index contributed by atoms with van der Waals surface area (Å²) in [5.41, 5.74) is 0. The number of hydrogen-bond acceptors (Lipinski definition) is 6. The van der Waals surface area contributed by atoms with Gasteiger partial charge in [0.1, 0.15) is 5.25 Å². The first-order chi connectivity index (χ1) is 11.3. The number of thioether (sulfide) groups is 1. The highest BCUT2D eigenvalue weighted by Gasteiger charge is 2.31. The summed E-state index contributed by atoms with van der Waals surface area (Å²) in [5, 5.41) is 2.18. The summed E-state index contributed by atoms with van der Waals surface area (Å²) in [5.74, 6) is -0.927. The molecule has 24 heavy (non-hydrogen) atoms. The monoisotopic (exact) mass is 371 g/mol.